The maximum absolute atomic E-state index is 13.1. The highest BCUT2D eigenvalue weighted by Gasteiger charge is 2.36. The molecule has 4 aliphatic carbocycles. The van der Waals surface area contributed by atoms with E-state index < -0.39 is 17.2 Å². The number of hydrogen-bond acceptors (Lipinski definition) is 11. The molecule has 2 aromatic heterocycles. The van der Waals surface area contributed by atoms with Crippen molar-refractivity contribution in [3.05, 3.63) is 176 Å². The van der Waals surface area contributed by atoms with Crippen molar-refractivity contribution in [1.82, 2.24) is 30.6 Å². The van der Waals surface area contributed by atoms with Crippen LogP contribution in [0.5, 0.6) is 0 Å². The molecule has 3 amide bonds. The first-order valence-electron chi connectivity index (χ1n) is 25.6. The number of rotatable bonds is 11. The van der Waals surface area contributed by atoms with Gasteiger partial charge in [0.1, 0.15) is 5.60 Å². The third kappa shape index (κ3) is 13.7. The summed E-state index contributed by atoms with van der Waals surface area (Å²) in [5, 5.41) is 17.2. The number of aromatic nitrogens is 4. The molecule has 4 aliphatic rings. The van der Waals surface area contributed by atoms with Crippen LogP contribution in [0.3, 0.4) is 0 Å². The molecule has 7 N–H and O–H groups in total. The van der Waals surface area contributed by atoms with Crippen molar-refractivity contribution >= 4 is 87.9 Å². The van der Waals surface area contributed by atoms with Crippen LogP contribution in [0.2, 0.25) is 10.0 Å². The number of nitrogens with zero attached hydrogens (tertiary/aromatic N) is 4. The Kier molecular flexibility index (Phi) is 17.1. The molecule has 0 saturated heterocycles. The number of ether oxygens (including phenoxy) is 1. The standard InChI is InChI=1S/C32H36ClN5O3.C27H28ClN5O.ClH/c1-31(2,3)41-30(40)36-22-14-11-21(12-15-22)28(39)38-32(4)17-7-9-23(18-32)35-29-34-19-26(33)27(37-29)25-16-13-20-8-5-6-10-24(20)25;1-27(33-25(34)18-8-11-19(29)12-9-18)14-4-6-20(15-27)31-26-30-16-23(28)24(32-26)22-13-10-17-5-2-3-7-21(17)22;/h5-6,8,10-12,14-16,19,23H,7,9,13,17-18H2,1-4H3,(H,36,40)(H,38,39)(H,34,35,37);2-3,5,7-9,11-13,16,20H,4,6,10,14-15,29H2,1H3,(H,33,34)(H,30,31,32);1H/t23-,32+;20-,27+;/m11./s1. The summed E-state index contributed by atoms with van der Waals surface area (Å²) in [5.41, 5.74) is 15.2. The van der Waals surface area contributed by atoms with E-state index in [2.05, 4.69) is 92.9 Å². The zero-order chi connectivity index (χ0) is 52.9. The minimum absolute atomic E-state index is 0. The highest BCUT2D eigenvalue weighted by Crippen LogP contribution is 2.38. The van der Waals surface area contributed by atoms with Gasteiger partial charge >= 0.3 is 6.09 Å². The maximum atomic E-state index is 13.1. The lowest BCUT2D eigenvalue weighted by Crippen LogP contribution is -2.51. The van der Waals surface area contributed by atoms with Gasteiger partial charge in [-0.2, -0.15) is 0 Å². The van der Waals surface area contributed by atoms with E-state index in [9.17, 15) is 14.4 Å². The van der Waals surface area contributed by atoms with E-state index in [4.69, 9.17) is 43.6 Å². The Morgan fingerprint density at radius 3 is 1.53 bits per heavy atom. The summed E-state index contributed by atoms with van der Waals surface area (Å²) in [4.78, 5) is 56.5. The van der Waals surface area contributed by atoms with E-state index in [0.29, 0.717) is 44.4 Å². The molecule has 0 unspecified atom stereocenters. The molecular formula is C59H65Cl3N10O4. The van der Waals surface area contributed by atoms with Crippen LogP contribution in [-0.2, 0) is 17.6 Å². The van der Waals surface area contributed by atoms with E-state index in [1.807, 2.05) is 18.2 Å². The number of anilines is 4. The van der Waals surface area contributed by atoms with Crippen molar-refractivity contribution in [1.29, 1.82) is 0 Å². The largest absolute Gasteiger partial charge is 0.444 e. The summed E-state index contributed by atoms with van der Waals surface area (Å²) in [7, 11) is 0. The van der Waals surface area contributed by atoms with Crippen LogP contribution >= 0.6 is 35.6 Å². The fraction of sp³-hybridized carbons (Fsp3) is 0.339. The summed E-state index contributed by atoms with van der Waals surface area (Å²) in [6.07, 6.45) is 16.0. The number of hydrogen-bond donors (Lipinski definition) is 6. The minimum Gasteiger partial charge on any atom is -0.444 e. The molecule has 10 rings (SSSR count). The zero-order valence-electron chi connectivity index (χ0n) is 43.4. The second-order valence-corrected chi connectivity index (χ2v) is 22.3. The first-order chi connectivity index (χ1) is 35.9. The predicted molar refractivity (Wildman–Crippen MR) is 306 cm³/mol. The van der Waals surface area contributed by atoms with Crippen molar-refractivity contribution in [2.24, 2.45) is 0 Å². The molecule has 0 aliphatic heterocycles. The van der Waals surface area contributed by atoms with Gasteiger partial charge in [-0.25, -0.2) is 24.7 Å². The molecule has 14 nitrogen and oxygen atoms in total. The minimum atomic E-state index is -0.589. The smallest absolute Gasteiger partial charge is 0.412 e. The maximum Gasteiger partial charge on any atom is 0.412 e. The number of nitrogens with two attached hydrogens (primary N) is 1. The summed E-state index contributed by atoms with van der Waals surface area (Å²) in [6.45, 7) is 9.59. The van der Waals surface area contributed by atoms with Crippen molar-refractivity contribution in [3.8, 4) is 0 Å². The lowest BCUT2D eigenvalue weighted by molar-refractivity contribution is 0.0635. The van der Waals surface area contributed by atoms with E-state index in [0.717, 1.165) is 92.3 Å². The van der Waals surface area contributed by atoms with Gasteiger partial charge in [0.15, 0.2) is 0 Å². The molecule has 76 heavy (non-hydrogen) atoms. The van der Waals surface area contributed by atoms with E-state index in [-0.39, 0.29) is 41.8 Å². The highest BCUT2D eigenvalue weighted by molar-refractivity contribution is 6.32. The monoisotopic (exact) mass is 1080 g/mol. The number of carbonyl (C=O) groups is 3. The predicted octanol–water partition coefficient (Wildman–Crippen LogP) is 12.7. The summed E-state index contributed by atoms with van der Waals surface area (Å²) < 4.78 is 5.28. The number of nitrogen functional groups attached to an aromatic ring is 1. The Morgan fingerprint density at radius 2 is 1.08 bits per heavy atom. The normalized spacial score (nSPS) is 20.4. The lowest BCUT2D eigenvalue weighted by atomic mass is 9.80. The zero-order valence-corrected chi connectivity index (χ0v) is 45.8. The third-order valence-electron chi connectivity index (χ3n) is 14.1. The van der Waals surface area contributed by atoms with Crippen LogP contribution < -0.4 is 32.3 Å². The molecule has 4 aromatic carbocycles. The molecule has 0 spiro atoms. The number of fused-ring (bicyclic) bond motifs is 2. The van der Waals surface area contributed by atoms with Crippen molar-refractivity contribution in [2.75, 3.05) is 21.7 Å². The summed E-state index contributed by atoms with van der Waals surface area (Å²) in [6, 6.07) is 30.6. The van der Waals surface area contributed by atoms with Crippen molar-refractivity contribution in [2.45, 2.75) is 128 Å². The molecule has 2 heterocycles. The molecule has 2 fully saturated rings. The van der Waals surface area contributed by atoms with Gasteiger partial charge in [0.25, 0.3) is 11.8 Å². The van der Waals surface area contributed by atoms with Crippen molar-refractivity contribution in [3.63, 3.8) is 0 Å². The molecule has 17 heteroatoms. The van der Waals surface area contributed by atoms with Gasteiger partial charge in [-0.05, 0) is 170 Å². The molecule has 6 aromatic rings. The number of allylic oxidation sites excluding steroid dienone is 2. The number of amides is 3. The van der Waals surface area contributed by atoms with Crippen LogP contribution in [0.4, 0.5) is 28.1 Å². The Bertz CT molecular complexity index is 3160. The van der Waals surface area contributed by atoms with Gasteiger partial charge in [-0.15, -0.1) is 12.4 Å². The van der Waals surface area contributed by atoms with Gasteiger partial charge in [0.05, 0.1) is 33.8 Å². The molecule has 0 bridgehead atoms. The Labute approximate surface area is 460 Å². The SMILES string of the molecule is CC(C)(C)OC(=O)Nc1ccc(C(=O)N[C@@]2(C)CCC[C@@H](Nc3ncc(Cl)c(C4=CCc5ccccc54)n3)C2)cc1.C[C@]1(NC(=O)c2ccc(N)cc2)CCC[C@@H](Nc2ncc(Cl)c(C3=CCc4ccccc43)n2)C1.Cl. The Hall–Kier alpha value is -7.00. The molecule has 396 valence electrons. The summed E-state index contributed by atoms with van der Waals surface area (Å²) in [5.74, 6) is 0.848. The number of carbonyl (C=O) groups excluding carboxylic acids is 3. The average molecular weight is 1080 g/mol. The van der Waals surface area contributed by atoms with Crippen molar-refractivity contribution < 1.29 is 19.1 Å². The first kappa shape index (κ1) is 55.2. The first-order valence-corrected chi connectivity index (χ1v) is 26.4. The molecule has 0 radical (unpaired) electrons. The molecule has 4 atom stereocenters. The topological polar surface area (TPSA) is 198 Å². The number of nitrogens with one attached hydrogen (secondary N) is 5. The second kappa shape index (κ2) is 23.5. The van der Waals surface area contributed by atoms with E-state index >= 15 is 0 Å². The number of halogens is 3. The molecule has 2 saturated carbocycles. The Balaban J connectivity index is 0.000000202. The fourth-order valence-electron chi connectivity index (χ4n) is 10.5. The third-order valence-corrected chi connectivity index (χ3v) is 14.6. The average Bonchev–Trinajstić information content (AvgIpc) is 4.01. The van der Waals surface area contributed by atoms with Gasteiger partial charge in [0, 0.05) is 56.8 Å². The molecular weight excluding hydrogens is 1020 g/mol. The van der Waals surface area contributed by atoms with Gasteiger partial charge in [-0.1, -0.05) is 83.9 Å². The van der Waals surface area contributed by atoms with Crippen LogP contribution in [0.15, 0.2) is 122 Å². The Morgan fingerprint density at radius 1 is 0.645 bits per heavy atom. The van der Waals surface area contributed by atoms with E-state index in [1.165, 1.54) is 16.7 Å². The van der Waals surface area contributed by atoms with Gasteiger partial charge < -0.3 is 31.7 Å². The van der Waals surface area contributed by atoms with Crippen LogP contribution in [0, 0.1) is 0 Å². The fourth-order valence-corrected chi connectivity index (χ4v) is 10.9. The highest BCUT2D eigenvalue weighted by atomic mass is 35.5. The lowest BCUT2D eigenvalue weighted by Gasteiger charge is -2.39. The summed E-state index contributed by atoms with van der Waals surface area (Å²) >= 11 is 13.0. The van der Waals surface area contributed by atoms with Crippen LogP contribution in [-0.4, -0.2) is 66.6 Å². The second-order valence-electron chi connectivity index (χ2n) is 21.5. The van der Waals surface area contributed by atoms with E-state index in [1.54, 1.807) is 81.7 Å². The van der Waals surface area contributed by atoms with Crippen LogP contribution in [0.1, 0.15) is 140 Å². The van der Waals surface area contributed by atoms with Gasteiger partial charge in [0.2, 0.25) is 11.9 Å². The quantitative estimate of drug-likeness (QED) is 0.0675. The number of benzene rings is 4. The van der Waals surface area contributed by atoms with Crippen LogP contribution in [0.25, 0.3) is 11.1 Å². The van der Waals surface area contributed by atoms with Gasteiger partial charge in [-0.3, -0.25) is 14.9 Å².